The fraction of sp³-hybridized carbons (Fsp3) is 0.333. The van der Waals surface area contributed by atoms with Crippen LogP contribution in [-0.2, 0) is 4.74 Å². The summed E-state index contributed by atoms with van der Waals surface area (Å²) in [6, 6.07) is 12.9. The van der Waals surface area contributed by atoms with E-state index in [0.29, 0.717) is 28.7 Å². The molecule has 1 unspecified atom stereocenters. The average Bonchev–Trinajstić information content (AvgIpc) is 2.95. The number of ether oxygens (including phenoxy) is 1. The van der Waals surface area contributed by atoms with Crippen molar-refractivity contribution in [2.45, 2.75) is 45.8 Å². The highest BCUT2D eigenvalue weighted by atomic mass is 16.6. The maximum atomic E-state index is 13.0. The van der Waals surface area contributed by atoms with Crippen LogP contribution in [0.15, 0.2) is 48.5 Å². The number of alkyl carbamates (subject to hydrolysis) is 1. The van der Waals surface area contributed by atoms with Crippen molar-refractivity contribution in [3.05, 3.63) is 70.8 Å². The number of hydrogen-bond donors (Lipinski definition) is 1. The molecule has 2 aromatic carbocycles. The van der Waals surface area contributed by atoms with Gasteiger partial charge in [0.25, 0.3) is 11.8 Å². The number of nitrogens with zero attached hydrogens (tertiary/aromatic N) is 1. The molecule has 162 valence electrons. The van der Waals surface area contributed by atoms with Crippen LogP contribution >= 0.6 is 0 Å². The summed E-state index contributed by atoms with van der Waals surface area (Å²) in [5.41, 5.74) is 1.33. The van der Waals surface area contributed by atoms with E-state index in [1.54, 1.807) is 69.3 Å². The maximum Gasteiger partial charge on any atom is 0.407 e. The number of benzene rings is 2. The van der Waals surface area contributed by atoms with Crippen molar-refractivity contribution in [1.29, 1.82) is 0 Å². The minimum atomic E-state index is -0.630. The fourth-order valence-electron chi connectivity index (χ4n) is 3.50. The van der Waals surface area contributed by atoms with Crippen LogP contribution in [-0.4, -0.2) is 40.7 Å². The Morgan fingerprint density at radius 1 is 0.968 bits per heavy atom. The standard InChI is InChI=1S/C24H26N2O5/c1-15(27)16-9-11-17(12-10-16)20(13-14-25-23(30)31-24(2,3)4)26-21(28)18-7-5-6-8-19(18)22(26)29/h5-12,20H,13-14H2,1-4H3,(H,25,30). The minimum absolute atomic E-state index is 0.0737. The van der Waals surface area contributed by atoms with Crippen molar-refractivity contribution in [2.24, 2.45) is 0 Å². The molecule has 0 aliphatic carbocycles. The highest BCUT2D eigenvalue weighted by molar-refractivity contribution is 6.21. The first-order chi connectivity index (χ1) is 14.6. The van der Waals surface area contributed by atoms with Gasteiger partial charge in [0.05, 0.1) is 17.2 Å². The molecular formula is C24H26N2O5. The Morgan fingerprint density at radius 2 is 1.52 bits per heavy atom. The number of ketones is 1. The van der Waals surface area contributed by atoms with Crippen molar-refractivity contribution in [3.8, 4) is 0 Å². The van der Waals surface area contributed by atoms with Crippen molar-refractivity contribution < 1.29 is 23.9 Å². The molecule has 1 N–H and O–H groups in total. The van der Waals surface area contributed by atoms with Crippen LogP contribution in [0.4, 0.5) is 4.79 Å². The van der Waals surface area contributed by atoms with Gasteiger partial charge in [-0.05, 0) is 51.8 Å². The zero-order valence-electron chi connectivity index (χ0n) is 18.1. The lowest BCUT2D eigenvalue weighted by Gasteiger charge is -2.27. The smallest absolute Gasteiger partial charge is 0.407 e. The largest absolute Gasteiger partial charge is 0.444 e. The van der Waals surface area contributed by atoms with E-state index >= 15 is 0 Å². The van der Waals surface area contributed by atoms with Gasteiger partial charge >= 0.3 is 6.09 Å². The lowest BCUT2D eigenvalue weighted by Crippen LogP contribution is -2.38. The molecule has 1 heterocycles. The van der Waals surface area contributed by atoms with E-state index in [1.807, 2.05) is 0 Å². The molecule has 1 atom stereocenters. The van der Waals surface area contributed by atoms with Crippen LogP contribution in [0.1, 0.15) is 76.8 Å². The molecule has 0 saturated carbocycles. The van der Waals surface area contributed by atoms with Crippen LogP contribution in [0.25, 0.3) is 0 Å². The first-order valence-electron chi connectivity index (χ1n) is 10.1. The second-order valence-corrected chi connectivity index (χ2v) is 8.44. The van der Waals surface area contributed by atoms with Crippen molar-refractivity contribution in [2.75, 3.05) is 6.54 Å². The number of imide groups is 1. The summed E-state index contributed by atoms with van der Waals surface area (Å²) >= 11 is 0. The molecular weight excluding hydrogens is 396 g/mol. The summed E-state index contributed by atoms with van der Waals surface area (Å²) < 4.78 is 5.25. The van der Waals surface area contributed by atoms with Gasteiger partial charge in [-0.3, -0.25) is 19.3 Å². The highest BCUT2D eigenvalue weighted by Crippen LogP contribution is 2.33. The van der Waals surface area contributed by atoms with Crippen molar-refractivity contribution in [1.82, 2.24) is 10.2 Å². The van der Waals surface area contributed by atoms with Gasteiger partial charge in [-0.15, -0.1) is 0 Å². The summed E-state index contributed by atoms with van der Waals surface area (Å²) in [5.74, 6) is -0.826. The Morgan fingerprint density at radius 3 is 2.00 bits per heavy atom. The first kappa shape index (κ1) is 22.2. The van der Waals surface area contributed by atoms with Crippen LogP contribution in [0.3, 0.4) is 0 Å². The van der Waals surface area contributed by atoms with E-state index in [2.05, 4.69) is 5.32 Å². The zero-order chi connectivity index (χ0) is 22.8. The normalized spacial score (nSPS) is 14.3. The molecule has 1 aliphatic rings. The Hall–Kier alpha value is -3.48. The number of rotatable bonds is 6. The quantitative estimate of drug-likeness (QED) is 0.558. The molecule has 1 aliphatic heterocycles. The van der Waals surface area contributed by atoms with Gasteiger partial charge in [-0.2, -0.15) is 0 Å². The summed E-state index contributed by atoms with van der Waals surface area (Å²) in [7, 11) is 0. The van der Waals surface area contributed by atoms with Gasteiger partial charge < -0.3 is 10.1 Å². The average molecular weight is 422 g/mol. The monoisotopic (exact) mass is 422 g/mol. The molecule has 0 spiro atoms. The summed E-state index contributed by atoms with van der Waals surface area (Å²) in [6.07, 6.45) is -0.273. The van der Waals surface area contributed by atoms with E-state index in [1.165, 1.54) is 11.8 Å². The topological polar surface area (TPSA) is 92.8 Å². The van der Waals surface area contributed by atoms with Crippen LogP contribution in [0.2, 0.25) is 0 Å². The molecule has 0 saturated heterocycles. The fourth-order valence-corrected chi connectivity index (χ4v) is 3.50. The molecule has 7 heteroatoms. The second kappa shape index (κ2) is 8.71. The Labute approximate surface area is 181 Å². The van der Waals surface area contributed by atoms with Gasteiger partial charge in [0.2, 0.25) is 0 Å². The number of carbonyl (C=O) groups excluding carboxylic acids is 4. The number of fused-ring (bicyclic) bond motifs is 1. The number of amides is 3. The van der Waals surface area contributed by atoms with E-state index in [0.717, 1.165) is 0 Å². The van der Waals surface area contributed by atoms with Gasteiger partial charge in [-0.1, -0.05) is 36.4 Å². The predicted octanol–water partition coefficient (Wildman–Crippen LogP) is 4.14. The number of carbonyl (C=O) groups is 4. The molecule has 2 aromatic rings. The van der Waals surface area contributed by atoms with Crippen LogP contribution in [0.5, 0.6) is 0 Å². The maximum absolute atomic E-state index is 13.0. The van der Waals surface area contributed by atoms with Crippen molar-refractivity contribution in [3.63, 3.8) is 0 Å². The number of Topliss-reactive ketones (excluding diaryl/α,β-unsaturated/α-hetero) is 1. The van der Waals surface area contributed by atoms with E-state index in [9.17, 15) is 19.2 Å². The van der Waals surface area contributed by atoms with Gasteiger partial charge in [0.1, 0.15) is 5.60 Å². The molecule has 3 amide bonds. The lowest BCUT2D eigenvalue weighted by molar-refractivity contribution is 0.0517. The number of nitrogens with one attached hydrogen (secondary N) is 1. The Balaban J connectivity index is 1.85. The third-order valence-corrected chi connectivity index (χ3v) is 4.93. The SMILES string of the molecule is CC(=O)c1ccc(C(CCNC(=O)OC(C)(C)C)N2C(=O)c3ccccc3C2=O)cc1. The van der Waals surface area contributed by atoms with Gasteiger partial charge in [-0.25, -0.2) is 4.79 Å². The van der Waals surface area contributed by atoms with E-state index in [4.69, 9.17) is 4.74 Å². The summed E-state index contributed by atoms with van der Waals surface area (Å²) in [5, 5.41) is 2.68. The first-order valence-corrected chi connectivity index (χ1v) is 10.1. The summed E-state index contributed by atoms with van der Waals surface area (Å²) in [4.78, 5) is 50.9. The van der Waals surface area contributed by atoms with E-state index < -0.39 is 17.7 Å². The second-order valence-electron chi connectivity index (χ2n) is 8.44. The Bertz CT molecular complexity index is 986. The summed E-state index contributed by atoms with van der Waals surface area (Å²) in [6.45, 7) is 6.98. The molecule has 0 bridgehead atoms. The third kappa shape index (κ3) is 4.99. The van der Waals surface area contributed by atoms with Gasteiger partial charge in [0.15, 0.2) is 5.78 Å². The van der Waals surface area contributed by atoms with E-state index in [-0.39, 0.29) is 24.1 Å². The molecule has 0 fully saturated rings. The highest BCUT2D eigenvalue weighted by Gasteiger charge is 2.40. The van der Waals surface area contributed by atoms with Crippen molar-refractivity contribution >= 4 is 23.7 Å². The number of hydrogen-bond acceptors (Lipinski definition) is 5. The van der Waals surface area contributed by atoms with Crippen LogP contribution < -0.4 is 5.32 Å². The molecule has 31 heavy (non-hydrogen) atoms. The molecule has 7 nitrogen and oxygen atoms in total. The van der Waals surface area contributed by atoms with Gasteiger partial charge in [0, 0.05) is 12.1 Å². The molecule has 0 aromatic heterocycles. The van der Waals surface area contributed by atoms with Crippen LogP contribution in [0, 0.1) is 0 Å². The molecule has 0 radical (unpaired) electrons. The minimum Gasteiger partial charge on any atom is -0.444 e. The zero-order valence-corrected chi connectivity index (χ0v) is 18.1. The molecule has 3 rings (SSSR count). The Kier molecular flexibility index (Phi) is 6.24. The predicted molar refractivity (Wildman–Crippen MR) is 115 cm³/mol. The lowest BCUT2D eigenvalue weighted by atomic mass is 9.99. The third-order valence-electron chi connectivity index (χ3n) is 4.93.